The number of hydrogen-bond donors (Lipinski definition) is 1. The summed E-state index contributed by atoms with van der Waals surface area (Å²) in [6.07, 6.45) is 0. The average molecular weight is 388 g/mol. The lowest BCUT2D eigenvalue weighted by Crippen LogP contribution is -2.41. The van der Waals surface area contributed by atoms with Crippen molar-refractivity contribution < 1.29 is 4.79 Å². The van der Waals surface area contributed by atoms with Crippen molar-refractivity contribution in [1.29, 1.82) is 0 Å². The van der Waals surface area contributed by atoms with E-state index in [1.54, 1.807) is 4.57 Å². The Kier molecular flexibility index (Phi) is 5.20. The van der Waals surface area contributed by atoms with Gasteiger partial charge in [-0.1, -0.05) is 23.9 Å². The van der Waals surface area contributed by atoms with Gasteiger partial charge < -0.3 is 5.32 Å². The third kappa shape index (κ3) is 4.16. The van der Waals surface area contributed by atoms with E-state index in [1.807, 2.05) is 63.4 Å². The first-order chi connectivity index (χ1) is 12.2. The van der Waals surface area contributed by atoms with Crippen LogP contribution in [0.1, 0.15) is 26.3 Å². The first-order valence-corrected chi connectivity index (χ1v) is 10.1. The Morgan fingerprint density at radius 1 is 1.31 bits per heavy atom. The van der Waals surface area contributed by atoms with Gasteiger partial charge in [-0.25, -0.2) is 4.98 Å². The van der Waals surface area contributed by atoms with Crippen LogP contribution >= 0.6 is 23.1 Å². The quantitative estimate of drug-likeness (QED) is 0.547. The lowest BCUT2D eigenvalue weighted by molar-refractivity contribution is -0.119. The fraction of sp³-hybridized carbons (Fsp3) is 0.316. The van der Waals surface area contributed by atoms with Crippen LogP contribution in [-0.4, -0.2) is 26.8 Å². The fourth-order valence-corrected chi connectivity index (χ4v) is 4.14. The highest BCUT2D eigenvalue weighted by atomic mass is 32.2. The van der Waals surface area contributed by atoms with E-state index in [4.69, 9.17) is 0 Å². The van der Waals surface area contributed by atoms with E-state index in [0.29, 0.717) is 15.4 Å². The van der Waals surface area contributed by atoms with Crippen molar-refractivity contribution >= 4 is 39.2 Å². The first-order valence-electron chi connectivity index (χ1n) is 8.26. The average Bonchev–Trinajstić information content (AvgIpc) is 3.00. The van der Waals surface area contributed by atoms with E-state index in [2.05, 4.69) is 10.3 Å². The van der Waals surface area contributed by atoms with E-state index in [0.717, 1.165) is 11.3 Å². The Balaban J connectivity index is 2.02. The monoisotopic (exact) mass is 387 g/mol. The Morgan fingerprint density at radius 2 is 2.08 bits per heavy atom. The zero-order chi connectivity index (χ0) is 18.9. The number of amides is 1. The molecule has 1 aromatic carbocycles. The summed E-state index contributed by atoms with van der Waals surface area (Å²) in [5.41, 5.74) is 2.09. The minimum atomic E-state index is -0.293. The summed E-state index contributed by atoms with van der Waals surface area (Å²) < 4.78 is 2.22. The molecule has 2 aromatic heterocycles. The highest BCUT2D eigenvalue weighted by Gasteiger charge is 2.18. The largest absolute Gasteiger partial charge is 0.351 e. The van der Waals surface area contributed by atoms with Gasteiger partial charge in [-0.05, 0) is 56.8 Å². The Morgan fingerprint density at radius 3 is 2.77 bits per heavy atom. The summed E-state index contributed by atoms with van der Waals surface area (Å²) in [7, 11) is 0. The number of hydrogen-bond acceptors (Lipinski definition) is 5. The van der Waals surface area contributed by atoms with Gasteiger partial charge in [0.2, 0.25) is 5.91 Å². The van der Waals surface area contributed by atoms with Crippen LogP contribution in [-0.2, 0) is 4.79 Å². The van der Waals surface area contributed by atoms with Crippen LogP contribution in [0.2, 0.25) is 0 Å². The first kappa shape index (κ1) is 18.7. The maximum atomic E-state index is 13.0. The molecule has 3 rings (SSSR count). The third-order valence-electron chi connectivity index (χ3n) is 3.56. The molecule has 1 N–H and O–H groups in total. The number of rotatable bonds is 4. The van der Waals surface area contributed by atoms with E-state index in [9.17, 15) is 9.59 Å². The molecule has 0 radical (unpaired) electrons. The molecule has 3 aromatic rings. The zero-order valence-electron chi connectivity index (χ0n) is 15.2. The molecule has 7 heteroatoms. The van der Waals surface area contributed by atoms with Gasteiger partial charge >= 0.3 is 0 Å². The molecular formula is C19H21N3O2S2. The Hall–Kier alpha value is -2.12. The van der Waals surface area contributed by atoms with Gasteiger partial charge in [0.25, 0.3) is 5.56 Å². The summed E-state index contributed by atoms with van der Waals surface area (Å²) in [5, 5.41) is 5.32. The molecule has 0 aliphatic heterocycles. The molecule has 0 spiro atoms. The standard InChI is InChI=1S/C19H21N3O2S2/c1-12-6-5-7-13(10-12)22-17(24)16-14(8-9-25-16)20-18(22)26-11-15(23)21-19(2,3)4/h5-10H,11H2,1-4H3,(H,21,23). The number of fused-ring (bicyclic) bond motifs is 1. The van der Waals surface area contributed by atoms with Gasteiger partial charge in [0.15, 0.2) is 5.16 Å². The number of aryl methyl sites for hydroxylation is 1. The third-order valence-corrected chi connectivity index (χ3v) is 5.39. The molecule has 0 bridgehead atoms. The maximum Gasteiger partial charge on any atom is 0.276 e. The van der Waals surface area contributed by atoms with Gasteiger partial charge in [-0.2, -0.15) is 0 Å². The molecule has 0 unspecified atom stereocenters. The van der Waals surface area contributed by atoms with Crippen LogP contribution in [0.3, 0.4) is 0 Å². The number of carbonyl (C=O) groups excluding carboxylic acids is 1. The number of aromatic nitrogens is 2. The molecule has 0 saturated heterocycles. The SMILES string of the molecule is Cc1cccc(-n2c(SCC(=O)NC(C)(C)C)nc3ccsc3c2=O)c1. The highest BCUT2D eigenvalue weighted by Crippen LogP contribution is 2.24. The van der Waals surface area contributed by atoms with Crippen molar-refractivity contribution in [2.24, 2.45) is 0 Å². The van der Waals surface area contributed by atoms with Crippen LogP contribution in [0.15, 0.2) is 45.7 Å². The van der Waals surface area contributed by atoms with Crippen molar-refractivity contribution in [3.8, 4) is 5.69 Å². The van der Waals surface area contributed by atoms with Gasteiger partial charge in [-0.3, -0.25) is 14.2 Å². The second-order valence-electron chi connectivity index (χ2n) is 7.10. The molecule has 0 saturated carbocycles. The minimum absolute atomic E-state index is 0.0852. The lowest BCUT2D eigenvalue weighted by atomic mass is 10.1. The summed E-state index contributed by atoms with van der Waals surface area (Å²) in [5.74, 6) is 0.114. The van der Waals surface area contributed by atoms with Crippen molar-refractivity contribution in [2.75, 3.05) is 5.75 Å². The molecule has 1 amide bonds. The van der Waals surface area contributed by atoms with Crippen molar-refractivity contribution in [1.82, 2.24) is 14.9 Å². The minimum Gasteiger partial charge on any atom is -0.351 e. The Labute approximate surface area is 160 Å². The van der Waals surface area contributed by atoms with Gasteiger partial charge in [-0.15, -0.1) is 11.3 Å². The maximum absolute atomic E-state index is 13.0. The van der Waals surface area contributed by atoms with E-state index in [1.165, 1.54) is 23.1 Å². The molecule has 0 aliphatic rings. The normalized spacial score (nSPS) is 11.7. The number of benzene rings is 1. The lowest BCUT2D eigenvalue weighted by Gasteiger charge is -2.20. The van der Waals surface area contributed by atoms with Crippen LogP contribution in [0.5, 0.6) is 0 Å². The van der Waals surface area contributed by atoms with Crippen molar-refractivity contribution in [3.63, 3.8) is 0 Å². The van der Waals surface area contributed by atoms with E-state index >= 15 is 0 Å². The molecule has 0 aliphatic carbocycles. The number of nitrogens with one attached hydrogen (secondary N) is 1. The summed E-state index contributed by atoms with van der Waals surface area (Å²) in [6.45, 7) is 7.80. The molecule has 5 nitrogen and oxygen atoms in total. The zero-order valence-corrected chi connectivity index (χ0v) is 16.8. The molecular weight excluding hydrogens is 366 g/mol. The van der Waals surface area contributed by atoms with Crippen molar-refractivity contribution in [3.05, 3.63) is 51.6 Å². The predicted octanol–water partition coefficient (Wildman–Crippen LogP) is 3.76. The molecule has 136 valence electrons. The molecule has 26 heavy (non-hydrogen) atoms. The van der Waals surface area contributed by atoms with Crippen LogP contribution < -0.4 is 10.9 Å². The van der Waals surface area contributed by atoms with Crippen LogP contribution in [0.25, 0.3) is 15.9 Å². The van der Waals surface area contributed by atoms with Gasteiger partial charge in [0.05, 0.1) is 17.0 Å². The van der Waals surface area contributed by atoms with E-state index in [-0.39, 0.29) is 22.8 Å². The smallest absolute Gasteiger partial charge is 0.276 e. The second kappa shape index (κ2) is 7.25. The number of thioether (sulfide) groups is 1. The molecule has 0 atom stereocenters. The second-order valence-corrected chi connectivity index (χ2v) is 8.95. The summed E-state index contributed by atoms with van der Waals surface area (Å²) >= 11 is 2.66. The number of carbonyl (C=O) groups is 1. The molecule has 2 heterocycles. The highest BCUT2D eigenvalue weighted by molar-refractivity contribution is 7.99. The van der Waals surface area contributed by atoms with Crippen LogP contribution in [0.4, 0.5) is 0 Å². The fourth-order valence-electron chi connectivity index (χ4n) is 2.57. The Bertz CT molecular complexity index is 1020. The van der Waals surface area contributed by atoms with Gasteiger partial charge in [0.1, 0.15) is 4.70 Å². The summed E-state index contributed by atoms with van der Waals surface area (Å²) in [4.78, 5) is 29.8. The summed E-state index contributed by atoms with van der Waals surface area (Å²) in [6, 6.07) is 9.56. The number of thiophene rings is 1. The van der Waals surface area contributed by atoms with E-state index < -0.39 is 0 Å². The topological polar surface area (TPSA) is 64.0 Å². The van der Waals surface area contributed by atoms with Crippen molar-refractivity contribution in [2.45, 2.75) is 38.4 Å². The number of nitrogens with zero attached hydrogens (tertiary/aromatic N) is 2. The van der Waals surface area contributed by atoms with Gasteiger partial charge in [0, 0.05) is 5.54 Å². The molecule has 0 fully saturated rings. The predicted molar refractivity (Wildman–Crippen MR) is 109 cm³/mol. The van der Waals surface area contributed by atoms with Crippen LogP contribution in [0, 0.1) is 6.92 Å².